The first-order valence-electron chi connectivity index (χ1n) is 5.47. The Kier molecular flexibility index (Phi) is 4.62. The summed E-state index contributed by atoms with van der Waals surface area (Å²) in [6.07, 6.45) is -0.784. The van der Waals surface area contributed by atoms with Crippen molar-refractivity contribution < 1.29 is 29.1 Å². The van der Waals surface area contributed by atoms with Gasteiger partial charge in [-0.25, -0.2) is 4.79 Å². The van der Waals surface area contributed by atoms with E-state index in [1.807, 2.05) is 0 Å². The SMILES string of the molecule is Cc1noc(C)c1CC(=O)NC(CC(=O)O)C(=O)O. The Morgan fingerprint density at radius 3 is 2.37 bits per heavy atom. The molecule has 8 nitrogen and oxygen atoms in total. The molecule has 0 saturated carbocycles. The Morgan fingerprint density at radius 1 is 1.32 bits per heavy atom. The quantitative estimate of drug-likeness (QED) is 0.656. The largest absolute Gasteiger partial charge is 0.481 e. The van der Waals surface area contributed by atoms with Gasteiger partial charge >= 0.3 is 11.9 Å². The number of amides is 1. The Morgan fingerprint density at radius 2 is 1.95 bits per heavy atom. The van der Waals surface area contributed by atoms with Gasteiger partial charge in [-0.3, -0.25) is 9.59 Å². The van der Waals surface area contributed by atoms with Crippen LogP contribution in [0, 0.1) is 13.8 Å². The number of aryl methyl sites for hydroxylation is 2. The van der Waals surface area contributed by atoms with Gasteiger partial charge in [0.05, 0.1) is 18.5 Å². The van der Waals surface area contributed by atoms with Gasteiger partial charge in [0.15, 0.2) is 0 Å². The van der Waals surface area contributed by atoms with E-state index in [2.05, 4.69) is 10.5 Å². The van der Waals surface area contributed by atoms with Crippen molar-refractivity contribution >= 4 is 17.8 Å². The third kappa shape index (κ3) is 4.09. The molecule has 0 aromatic carbocycles. The predicted molar refractivity (Wildman–Crippen MR) is 61.5 cm³/mol. The Balaban J connectivity index is 2.68. The topological polar surface area (TPSA) is 130 Å². The fourth-order valence-corrected chi connectivity index (χ4v) is 1.53. The molecule has 0 fully saturated rings. The van der Waals surface area contributed by atoms with Crippen LogP contribution in [0.4, 0.5) is 0 Å². The molecule has 1 heterocycles. The van der Waals surface area contributed by atoms with E-state index in [4.69, 9.17) is 14.7 Å². The number of carbonyl (C=O) groups excluding carboxylic acids is 1. The molecule has 1 atom stereocenters. The lowest BCUT2D eigenvalue weighted by atomic mass is 10.1. The first-order valence-corrected chi connectivity index (χ1v) is 5.47. The highest BCUT2D eigenvalue weighted by Gasteiger charge is 2.24. The second-order valence-electron chi connectivity index (χ2n) is 4.04. The summed E-state index contributed by atoms with van der Waals surface area (Å²) in [5.41, 5.74) is 1.11. The average Bonchev–Trinajstić information content (AvgIpc) is 2.59. The maximum absolute atomic E-state index is 11.7. The lowest BCUT2D eigenvalue weighted by molar-refractivity contribution is -0.147. The molecule has 8 heteroatoms. The van der Waals surface area contributed by atoms with Crippen LogP contribution in [0.15, 0.2) is 4.52 Å². The Hall–Kier alpha value is -2.38. The van der Waals surface area contributed by atoms with Gasteiger partial charge in [-0.2, -0.15) is 0 Å². The second kappa shape index (κ2) is 5.98. The number of nitrogens with one attached hydrogen (secondary N) is 1. The van der Waals surface area contributed by atoms with Crippen molar-refractivity contribution in [2.75, 3.05) is 0 Å². The number of carboxylic acids is 2. The van der Waals surface area contributed by atoms with Crippen LogP contribution < -0.4 is 5.32 Å². The predicted octanol–water partition coefficient (Wildman–Crippen LogP) is -0.122. The highest BCUT2D eigenvalue weighted by Crippen LogP contribution is 2.12. The minimum absolute atomic E-state index is 0.107. The van der Waals surface area contributed by atoms with E-state index in [1.165, 1.54) is 0 Å². The van der Waals surface area contributed by atoms with E-state index >= 15 is 0 Å². The summed E-state index contributed by atoms with van der Waals surface area (Å²) < 4.78 is 4.87. The molecule has 0 bridgehead atoms. The van der Waals surface area contributed by atoms with Gasteiger partial charge in [-0.05, 0) is 13.8 Å². The summed E-state index contributed by atoms with van der Waals surface area (Å²) in [5, 5.41) is 23.2. The van der Waals surface area contributed by atoms with E-state index in [0.717, 1.165) is 0 Å². The lowest BCUT2D eigenvalue weighted by Crippen LogP contribution is -2.42. The summed E-state index contributed by atoms with van der Waals surface area (Å²) in [5.74, 6) is -2.82. The molecule has 1 rings (SSSR count). The number of aromatic nitrogens is 1. The molecule has 19 heavy (non-hydrogen) atoms. The van der Waals surface area contributed by atoms with Crippen LogP contribution in [0.25, 0.3) is 0 Å². The number of hydrogen-bond donors (Lipinski definition) is 3. The summed E-state index contributed by atoms with van der Waals surface area (Å²) in [7, 11) is 0. The molecule has 0 aliphatic heterocycles. The smallest absolute Gasteiger partial charge is 0.326 e. The Labute approximate surface area is 108 Å². The molecular weight excluding hydrogens is 256 g/mol. The lowest BCUT2D eigenvalue weighted by Gasteiger charge is -2.12. The van der Waals surface area contributed by atoms with E-state index in [-0.39, 0.29) is 6.42 Å². The molecular formula is C11H14N2O6. The minimum Gasteiger partial charge on any atom is -0.481 e. The van der Waals surface area contributed by atoms with Crippen LogP contribution in [0.3, 0.4) is 0 Å². The highest BCUT2D eigenvalue weighted by molar-refractivity contribution is 5.87. The number of rotatable bonds is 6. The standard InChI is InChI=1S/C11H14N2O6/c1-5-7(6(2)19-13-5)3-9(14)12-8(11(17)18)4-10(15)16/h8H,3-4H2,1-2H3,(H,12,14)(H,15,16)(H,17,18). The zero-order chi connectivity index (χ0) is 14.6. The third-order valence-corrected chi connectivity index (χ3v) is 2.53. The molecule has 104 valence electrons. The van der Waals surface area contributed by atoms with Gasteiger partial charge in [0.25, 0.3) is 0 Å². The monoisotopic (exact) mass is 270 g/mol. The zero-order valence-electron chi connectivity index (χ0n) is 10.5. The minimum atomic E-state index is -1.45. The summed E-state index contributed by atoms with van der Waals surface area (Å²) >= 11 is 0. The van der Waals surface area contributed by atoms with Crippen molar-refractivity contribution in [2.24, 2.45) is 0 Å². The molecule has 0 aliphatic carbocycles. The average molecular weight is 270 g/mol. The molecule has 0 saturated heterocycles. The maximum Gasteiger partial charge on any atom is 0.326 e. The van der Waals surface area contributed by atoms with Crippen LogP contribution >= 0.6 is 0 Å². The molecule has 1 amide bonds. The zero-order valence-corrected chi connectivity index (χ0v) is 10.5. The molecule has 1 aromatic rings. The number of carboxylic acid groups (broad SMARTS) is 2. The number of nitrogens with zero attached hydrogens (tertiary/aromatic N) is 1. The van der Waals surface area contributed by atoms with E-state index < -0.39 is 30.3 Å². The number of hydrogen-bond acceptors (Lipinski definition) is 5. The van der Waals surface area contributed by atoms with Crippen molar-refractivity contribution in [1.82, 2.24) is 10.5 Å². The first-order chi connectivity index (χ1) is 8.81. The normalized spacial score (nSPS) is 11.9. The van der Waals surface area contributed by atoms with E-state index in [0.29, 0.717) is 17.0 Å². The van der Waals surface area contributed by atoms with Gasteiger partial charge in [-0.1, -0.05) is 5.16 Å². The number of aliphatic carboxylic acids is 2. The van der Waals surface area contributed by atoms with Crippen LogP contribution in [-0.4, -0.2) is 39.3 Å². The highest BCUT2D eigenvalue weighted by atomic mass is 16.5. The number of carbonyl (C=O) groups is 3. The van der Waals surface area contributed by atoms with Crippen LogP contribution in [0.2, 0.25) is 0 Å². The molecule has 1 unspecified atom stereocenters. The molecule has 1 aromatic heterocycles. The van der Waals surface area contributed by atoms with E-state index in [9.17, 15) is 14.4 Å². The Bertz CT molecular complexity index is 488. The molecule has 0 radical (unpaired) electrons. The van der Waals surface area contributed by atoms with Gasteiger partial charge in [-0.15, -0.1) is 0 Å². The van der Waals surface area contributed by atoms with Crippen LogP contribution in [-0.2, 0) is 20.8 Å². The summed E-state index contributed by atoms with van der Waals surface area (Å²) in [6.45, 7) is 3.29. The van der Waals surface area contributed by atoms with Crippen molar-refractivity contribution in [3.05, 3.63) is 17.0 Å². The van der Waals surface area contributed by atoms with Crippen LogP contribution in [0.5, 0.6) is 0 Å². The van der Waals surface area contributed by atoms with Crippen molar-refractivity contribution in [1.29, 1.82) is 0 Å². The summed E-state index contributed by atoms with van der Waals surface area (Å²) in [6, 6.07) is -1.45. The molecule has 3 N–H and O–H groups in total. The molecule has 0 aliphatic rings. The second-order valence-corrected chi connectivity index (χ2v) is 4.04. The van der Waals surface area contributed by atoms with E-state index in [1.54, 1.807) is 13.8 Å². The van der Waals surface area contributed by atoms with Gasteiger partial charge in [0, 0.05) is 5.56 Å². The fourth-order valence-electron chi connectivity index (χ4n) is 1.53. The van der Waals surface area contributed by atoms with Crippen molar-refractivity contribution in [3.63, 3.8) is 0 Å². The van der Waals surface area contributed by atoms with Gasteiger partial charge in [0.2, 0.25) is 5.91 Å². The van der Waals surface area contributed by atoms with Crippen LogP contribution in [0.1, 0.15) is 23.4 Å². The summed E-state index contributed by atoms with van der Waals surface area (Å²) in [4.78, 5) is 33.0. The van der Waals surface area contributed by atoms with Crippen molar-refractivity contribution in [3.8, 4) is 0 Å². The third-order valence-electron chi connectivity index (χ3n) is 2.53. The molecule has 0 spiro atoms. The van der Waals surface area contributed by atoms with Gasteiger partial charge in [0.1, 0.15) is 11.8 Å². The first kappa shape index (κ1) is 14.7. The van der Waals surface area contributed by atoms with Crippen molar-refractivity contribution in [2.45, 2.75) is 32.7 Å². The van der Waals surface area contributed by atoms with Gasteiger partial charge < -0.3 is 20.1 Å². The maximum atomic E-state index is 11.7. The fraction of sp³-hybridized carbons (Fsp3) is 0.455.